The second-order valence-electron chi connectivity index (χ2n) is 4.10. The molecule has 1 rings (SSSR count). The first-order valence-electron chi connectivity index (χ1n) is 6.52. The third kappa shape index (κ3) is 5.13. The molecule has 0 amide bonds. The third-order valence-corrected chi connectivity index (χ3v) is 2.59. The average molecular weight is 247 g/mol. The van der Waals surface area contributed by atoms with Crippen LogP contribution in [0.5, 0.6) is 0 Å². The average Bonchev–Trinajstić information content (AvgIpc) is 2.40. The summed E-state index contributed by atoms with van der Waals surface area (Å²) in [5.74, 6) is -0.224. The number of esters is 1. The van der Waals surface area contributed by atoms with E-state index in [1.807, 2.05) is 37.3 Å². The van der Waals surface area contributed by atoms with Crippen LogP contribution in [-0.4, -0.2) is 24.8 Å². The van der Waals surface area contributed by atoms with Crippen molar-refractivity contribution >= 4 is 12.2 Å². The second kappa shape index (κ2) is 8.45. The van der Waals surface area contributed by atoms with E-state index >= 15 is 0 Å². The maximum absolute atomic E-state index is 11.7. The van der Waals surface area contributed by atoms with E-state index in [-0.39, 0.29) is 12.0 Å². The van der Waals surface area contributed by atoms with Crippen LogP contribution in [0.25, 0.3) is 0 Å². The number of hydrogen-bond donors (Lipinski definition) is 0. The number of benzene rings is 1. The standard InChI is InChI=1S/C15H21NO2/c1-3-5-11-14(15(17)18-4-2)16-12-13-9-7-6-8-10-13/h6-10,12,14H,3-5,11H2,1-2H3/t14-/m0/s1. The van der Waals surface area contributed by atoms with Crippen molar-refractivity contribution in [3.63, 3.8) is 0 Å². The molecule has 98 valence electrons. The molecule has 0 saturated carbocycles. The molecular formula is C15H21NO2. The molecule has 0 aromatic heterocycles. The molecule has 3 nitrogen and oxygen atoms in total. The van der Waals surface area contributed by atoms with Gasteiger partial charge in [0.2, 0.25) is 0 Å². The Labute approximate surface area is 109 Å². The highest BCUT2D eigenvalue weighted by Crippen LogP contribution is 2.07. The van der Waals surface area contributed by atoms with Gasteiger partial charge in [0.15, 0.2) is 0 Å². The number of nitrogens with zero attached hydrogens (tertiary/aromatic N) is 1. The Morgan fingerprint density at radius 3 is 2.67 bits per heavy atom. The fraction of sp³-hybridized carbons (Fsp3) is 0.467. The van der Waals surface area contributed by atoms with E-state index in [1.165, 1.54) is 0 Å². The van der Waals surface area contributed by atoms with Gasteiger partial charge in [0.05, 0.1) is 6.61 Å². The molecule has 0 aliphatic rings. The number of aliphatic imine (C=N–C) groups is 1. The van der Waals surface area contributed by atoms with Crippen LogP contribution in [0.4, 0.5) is 0 Å². The number of unbranched alkanes of at least 4 members (excludes halogenated alkanes) is 1. The monoisotopic (exact) mass is 247 g/mol. The van der Waals surface area contributed by atoms with Crippen molar-refractivity contribution in [2.24, 2.45) is 4.99 Å². The van der Waals surface area contributed by atoms with Crippen molar-refractivity contribution in [2.45, 2.75) is 39.2 Å². The molecule has 0 radical (unpaired) electrons. The van der Waals surface area contributed by atoms with E-state index in [0.717, 1.165) is 24.8 Å². The zero-order valence-electron chi connectivity index (χ0n) is 11.1. The Morgan fingerprint density at radius 1 is 1.33 bits per heavy atom. The van der Waals surface area contributed by atoms with Gasteiger partial charge in [-0.1, -0.05) is 50.1 Å². The SMILES string of the molecule is CCCC[C@H](N=Cc1ccccc1)C(=O)OCC. The first kappa shape index (κ1) is 14.4. The minimum Gasteiger partial charge on any atom is -0.464 e. The van der Waals surface area contributed by atoms with E-state index in [1.54, 1.807) is 6.21 Å². The zero-order chi connectivity index (χ0) is 13.2. The van der Waals surface area contributed by atoms with Gasteiger partial charge in [0, 0.05) is 6.21 Å². The number of carbonyl (C=O) groups excluding carboxylic acids is 1. The summed E-state index contributed by atoms with van der Waals surface area (Å²) in [6, 6.07) is 9.42. The van der Waals surface area contributed by atoms with Crippen LogP contribution < -0.4 is 0 Å². The summed E-state index contributed by atoms with van der Waals surface area (Å²) in [5, 5.41) is 0. The van der Waals surface area contributed by atoms with Crippen LogP contribution in [0, 0.1) is 0 Å². The minimum atomic E-state index is -0.370. The van der Waals surface area contributed by atoms with Gasteiger partial charge in [0.1, 0.15) is 6.04 Å². The van der Waals surface area contributed by atoms with E-state index in [2.05, 4.69) is 11.9 Å². The van der Waals surface area contributed by atoms with E-state index in [9.17, 15) is 4.79 Å². The van der Waals surface area contributed by atoms with E-state index in [0.29, 0.717) is 6.61 Å². The number of ether oxygens (including phenoxy) is 1. The first-order valence-corrected chi connectivity index (χ1v) is 6.52. The largest absolute Gasteiger partial charge is 0.464 e. The molecule has 0 saturated heterocycles. The number of rotatable bonds is 7. The molecule has 0 aliphatic carbocycles. The Bertz CT molecular complexity index is 373. The fourth-order valence-corrected chi connectivity index (χ4v) is 1.60. The lowest BCUT2D eigenvalue weighted by atomic mass is 10.1. The predicted octanol–water partition coefficient (Wildman–Crippen LogP) is 3.23. The lowest BCUT2D eigenvalue weighted by Crippen LogP contribution is -2.21. The van der Waals surface area contributed by atoms with E-state index < -0.39 is 0 Å². The van der Waals surface area contributed by atoms with Crippen molar-refractivity contribution < 1.29 is 9.53 Å². The maximum atomic E-state index is 11.7. The summed E-state index contributed by atoms with van der Waals surface area (Å²) in [6.07, 6.45) is 4.53. The van der Waals surface area contributed by atoms with Crippen molar-refractivity contribution in [3.05, 3.63) is 35.9 Å². The molecule has 1 aromatic rings. The fourth-order valence-electron chi connectivity index (χ4n) is 1.60. The topological polar surface area (TPSA) is 38.7 Å². The molecule has 0 spiro atoms. The van der Waals surface area contributed by atoms with Crippen molar-refractivity contribution in [1.29, 1.82) is 0 Å². The van der Waals surface area contributed by atoms with Gasteiger partial charge < -0.3 is 4.74 Å². The normalized spacial score (nSPS) is 12.6. The summed E-state index contributed by atoms with van der Waals surface area (Å²) in [5.41, 5.74) is 1.00. The summed E-state index contributed by atoms with van der Waals surface area (Å²) < 4.78 is 5.04. The van der Waals surface area contributed by atoms with E-state index in [4.69, 9.17) is 4.74 Å². The van der Waals surface area contributed by atoms with Crippen LogP contribution in [0.3, 0.4) is 0 Å². The van der Waals surface area contributed by atoms with Gasteiger partial charge in [-0.3, -0.25) is 4.99 Å². The van der Waals surface area contributed by atoms with Crippen molar-refractivity contribution in [1.82, 2.24) is 0 Å². The van der Waals surface area contributed by atoms with Crippen LogP contribution in [-0.2, 0) is 9.53 Å². The highest BCUT2D eigenvalue weighted by Gasteiger charge is 2.16. The highest BCUT2D eigenvalue weighted by molar-refractivity contribution is 5.83. The number of hydrogen-bond acceptors (Lipinski definition) is 3. The smallest absolute Gasteiger partial charge is 0.330 e. The molecule has 0 fully saturated rings. The van der Waals surface area contributed by atoms with Gasteiger partial charge in [-0.05, 0) is 18.9 Å². The highest BCUT2D eigenvalue weighted by atomic mass is 16.5. The molecular weight excluding hydrogens is 226 g/mol. The van der Waals surface area contributed by atoms with Crippen LogP contribution in [0.15, 0.2) is 35.3 Å². The molecule has 1 atom stereocenters. The number of carbonyl (C=O) groups is 1. The molecule has 3 heteroatoms. The Hall–Kier alpha value is -1.64. The molecule has 18 heavy (non-hydrogen) atoms. The van der Waals surface area contributed by atoms with Crippen LogP contribution >= 0.6 is 0 Å². The Morgan fingerprint density at radius 2 is 2.06 bits per heavy atom. The molecule has 1 aromatic carbocycles. The quantitative estimate of drug-likeness (QED) is 0.548. The molecule has 0 heterocycles. The van der Waals surface area contributed by atoms with Gasteiger partial charge in [-0.25, -0.2) is 4.79 Å². The van der Waals surface area contributed by atoms with Crippen molar-refractivity contribution in [3.8, 4) is 0 Å². The van der Waals surface area contributed by atoms with Crippen LogP contribution in [0.2, 0.25) is 0 Å². The Kier molecular flexibility index (Phi) is 6.77. The lowest BCUT2D eigenvalue weighted by Gasteiger charge is -2.10. The third-order valence-electron chi connectivity index (χ3n) is 2.59. The summed E-state index contributed by atoms with van der Waals surface area (Å²) in [7, 11) is 0. The van der Waals surface area contributed by atoms with Crippen molar-refractivity contribution in [2.75, 3.05) is 6.61 Å². The first-order chi connectivity index (χ1) is 8.77. The molecule has 0 aliphatic heterocycles. The molecule has 0 bridgehead atoms. The van der Waals surface area contributed by atoms with Gasteiger partial charge in [-0.2, -0.15) is 0 Å². The van der Waals surface area contributed by atoms with Gasteiger partial charge >= 0.3 is 5.97 Å². The summed E-state index contributed by atoms with van der Waals surface area (Å²) >= 11 is 0. The molecule has 0 unspecified atom stereocenters. The summed E-state index contributed by atoms with van der Waals surface area (Å²) in [4.78, 5) is 16.1. The minimum absolute atomic E-state index is 0.224. The van der Waals surface area contributed by atoms with Gasteiger partial charge in [0.25, 0.3) is 0 Å². The van der Waals surface area contributed by atoms with Crippen LogP contribution in [0.1, 0.15) is 38.7 Å². The predicted molar refractivity (Wildman–Crippen MR) is 74.0 cm³/mol. The van der Waals surface area contributed by atoms with Gasteiger partial charge in [-0.15, -0.1) is 0 Å². The Balaban J connectivity index is 2.65. The maximum Gasteiger partial charge on any atom is 0.330 e. The summed E-state index contributed by atoms with van der Waals surface area (Å²) in [6.45, 7) is 4.32. The lowest BCUT2D eigenvalue weighted by molar-refractivity contribution is -0.144. The second-order valence-corrected chi connectivity index (χ2v) is 4.10. The zero-order valence-corrected chi connectivity index (χ0v) is 11.1. The molecule has 0 N–H and O–H groups in total.